The van der Waals surface area contributed by atoms with Crippen LogP contribution in [0, 0.1) is 5.92 Å². The van der Waals surface area contributed by atoms with Crippen molar-refractivity contribution in [2.45, 2.75) is 32.6 Å². The van der Waals surface area contributed by atoms with E-state index >= 15 is 0 Å². The van der Waals surface area contributed by atoms with E-state index in [1.807, 2.05) is 0 Å². The van der Waals surface area contributed by atoms with E-state index in [1.165, 1.54) is 0 Å². The van der Waals surface area contributed by atoms with Gasteiger partial charge in [-0.25, -0.2) is 0 Å². The third-order valence-corrected chi connectivity index (χ3v) is 4.14. The van der Waals surface area contributed by atoms with Crippen LogP contribution in [0.1, 0.15) is 31.7 Å². The first-order valence-electron chi connectivity index (χ1n) is 6.23. The molecule has 18 heavy (non-hydrogen) atoms. The number of hydrogen-bond donors (Lipinski definition) is 0. The van der Waals surface area contributed by atoms with Gasteiger partial charge >= 0.3 is 0 Å². The predicted molar refractivity (Wildman–Crippen MR) is 76.3 cm³/mol. The monoisotopic (exact) mass is 282 g/mol. The zero-order valence-corrected chi connectivity index (χ0v) is 11.9. The van der Waals surface area contributed by atoms with Crippen molar-refractivity contribution in [3.05, 3.63) is 45.5 Å². The van der Waals surface area contributed by atoms with Gasteiger partial charge in [-0.1, -0.05) is 42.3 Å². The molecular formula is C15H16Cl2O. The summed E-state index contributed by atoms with van der Waals surface area (Å²) in [4.78, 5) is 12.2. The van der Waals surface area contributed by atoms with E-state index < -0.39 is 0 Å². The number of benzene rings is 1. The Morgan fingerprint density at radius 1 is 1.33 bits per heavy atom. The van der Waals surface area contributed by atoms with Crippen molar-refractivity contribution in [3.8, 4) is 0 Å². The standard InChI is InChI=1S/C15H16Cl2O/c1-10-5-7-11(8-6-10)15(18)9-12-13(16)3-2-4-14(12)17/h2-4,7,10H,5-6,8-9H2,1H3. The summed E-state index contributed by atoms with van der Waals surface area (Å²) in [6.07, 6.45) is 5.34. The quantitative estimate of drug-likeness (QED) is 0.774. The molecule has 0 aliphatic heterocycles. The Bertz CT molecular complexity index is 471. The highest BCUT2D eigenvalue weighted by Gasteiger charge is 2.18. The molecule has 0 aromatic heterocycles. The number of allylic oxidation sites excluding steroid dienone is 2. The number of rotatable bonds is 3. The summed E-state index contributed by atoms with van der Waals surface area (Å²) >= 11 is 12.2. The van der Waals surface area contributed by atoms with Gasteiger partial charge in [0.1, 0.15) is 0 Å². The molecule has 1 nitrogen and oxygen atoms in total. The van der Waals surface area contributed by atoms with Crippen LogP contribution in [0.3, 0.4) is 0 Å². The smallest absolute Gasteiger partial charge is 0.163 e. The van der Waals surface area contributed by atoms with Gasteiger partial charge in [0.15, 0.2) is 5.78 Å². The van der Waals surface area contributed by atoms with Gasteiger partial charge in [0, 0.05) is 16.5 Å². The molecule has 1 aliphatic carbocycles. The van der Waals surface area contributed by atoms with Gasteiger partial charge in [-0.3, -0.25) is 4.79 Å². The highest BCUT2D eigenvalue weighted by atomic mass is 35.5. The van der Waals surface area contributed by atoms with Gasteiger partial charge in [0.05, 0.1) is 0 Å². The van der Waals surface area contributed by atoms with Crippen molar-refractivity contribution in [2.24, 2.45) is 5.92 Å². The summed E-state index contributed by atoms with van der Waals surface area (Å²) < 4.78 is 0. The molecule has 0 saturated heterocycles. The van der Waals surface area contributed by atoms with E-state index in [-0.39, 0.29) is 5.78 Å². The fourth-order valence-electron chi connectivity index (χ4n) is 2.19. The Labute approximate surface area is 118 Å². The number of ketones is 1. The van der Waals surface area contributed by atoms with Crippen molar-refractivity contribution in [3.63, 3.8) is 0 Å². The molecule has 0 spiro atoms. The Morgan fingerprint density at radius 2 is 2.00 bits per heavy atom. The maximum Gasteiger partial charge on any atom is 0.163 e. The summed E-state index contributed by atoms with van der Waals surface area (Å²) in [5, 5.41) is 1.14. The van der Waals surface area contributed by atoms with Crippen molar-refractivity contribution in [2.75, 3.05) is 0 Å². The van der Waals surface area contributed by atoms with Crippen LogP contribution >= 0.6 is 23.2 Å². The fraction of sp³-hybridized carbons (Fsp3) is 0.400. The van der Waals surface area contributed by atoms with Crippen molar-refractivity contribution >= 4 is 29.0 Å². The second-order valence-electron chi connectivity index (χ2n) is 4.91. The molecule has 3 heteroatoms. The maximum atomic E-state index is 12.2. The molecule has 0 bridgehead atoms. The summed E-state index contributed by atoms with van der Waals surface area (Å²) in [5.74, 6) is 0.836. The molecule has 0 fully saturated rings. The molecule has 0 amide bonds. The van der Waals surface area contributed by atoms with E-state index in [0.29, 0.717) is 22.4 Å². The normalized spacial score (nSPS) is 19.5. The zero-order chi connectivity index (χ0) is 13.1. The van der Waals surface area contributed by atoms with E-state index in [0.717, 1.165) is 30.4 Å². The lowest BCUT2D eigenvalue weighted by Crippen LogP contribution is -2.12. The molecule has 1 aliphatic rings. The Morgan fingerprint density at radius 3 is 2.56 bits per heavy atom. The van der Waals surface area contributed by atoms with Gasteiger partial charge in [0.2, 0.25) is 0 Å². The van der Waals surface area contributed by atoms with Gasteiger partial charge < -0.3 is 0 Å². The van der Waals surface area contributed by atoms with Crippen LogP contribution in [-0.4, -0.2) is 5.78 Å². The summed E-state index contributed by atoms with van der Waals surface area (Å²) in [6, 6.07) is 5.33. The lowest BCUT2D eigenvalue weighted by Gasteiger charge is -2.17. The topological polar surface area (TPSA) is 17.1 Å². The molecule has 1 aromatic rings. The van der Waals surface area contributed by atoms with Crippen LogP contribution in [0.2, 0.25) is 10.0 Å². The molecular weight excluding hydrogens is 267 g/mol. The average Bonchev–Trinajstić information content (AvgIpc) is 2.34. The number of hydrogen-bond acceptors (Lipinski definition) is 1. The number of carbonyl (C=O) groups excluding carboxylic acids is 1. The zero-order valence-electron chi connectivity index (χ0n) is 10.4. The van der Waals surface area contributed by atoms with Crippen molar-refractivity contribution in [1.29, 1.82) is 0 Å². The van der Waals surface area contributed by atoms with Crippen LogP contribution < -0.4 is 0 Å². The van der Waals surface area contributed by atoms with Crippen molar-refractivity contribution in [1.82, 2.24) is 0 Å². The number of Topliss-reactive ketones (excluding diaryl/α,β-unsaturated/α-hetero) is 1. The van der Waals surface area contributed by atoms with Crippen LogP contribution in [0.25, 0.3) is 0 Å². The second-order valence-corrected chi connectivity index (χ2v) is 5.72. The molecule has 0 heterocycles. The highest BCUT2D eigenvalue weighted by Crippen LogP contribution is 2.28. The lowest BCUT2D eigenvalue weighted by atomic mass is 9.88. The summed E-state index contributed by atoms with van der Waals surface area (Å²) in [7, 11) is 0. The lowest BCUT2D eigenvalue weighted by molar-refractivity contribution is -0.115. The van der Waals surface area contributed by atoms with Gasteiger partial charge in [0.25, 0.3) is 0 Å². The van der Waals surface area contributed by atoms with E-state index in [1.54, 1.807) is 18.2 Å². The first-order valence-corrected chi connectivity index (χ1v) is 6.98. The van der Waals surface area contributed by atoms with Crippen LogP contribution in [-0.2, 0) is 11.2 Å². The number of carbonyl (C=O) groups is 1. The summed E-state index contributed by atoms with van der Waals surface area (Å²) in [5.41, 5.74) is 1.68. The largest absolute Gasteiger partial charge is 0.294 e. The molecule has 1 atom stereocenters. The molecule has 1 aromatic carbocycles. The van der Waals surface area contributed by atoms with Gasteiger partial charge in [-0.05, 0) is 48.4 Å². The highest BCUT2D eigenvalue weighted by molar-refractivity contribution is 6.36. The van der Waals surface area contributed by atoms with Gasteiger partial charge in [-0.2, -0.15) is 0 Å². The van der Waals surface area contributed by atoms with Gasteiger partial charge in [-0.15, -0.1) is 0 Å². The Kier molecular flexibility index (Phi) is 4.47. The second kappa shape index (κ2) is 5.90. The molecule has 0 N–H and O–H groups in total. The Hall–Kier alpha value is -0.790. The molecule has 0 radical (unpaired) electrons. The maximum absolute atomic E-state index is 12.2. The Balaban J connectivity index is 2.12. The van der Waals surface area contributed by atoms with Crippen LogP contribution in [0.4, 0.5) is 0 Å². The molecule has 0 saturated carbocycles. The summed E-state index contributed by atoms with van der Waals surface area (Å²) in [6.45, 7) is 2.21. The molecule has 2 rings (SSSR count). The first-order chi connectivity index (χ1) is 8.58. The minimum absolute atomic E-state index is 0.150. The molecule has 96 valence electrons. The third-order valence-electron chi connectivity index (χ3n) is 3.43. The molecule has 1 unspecified atom stereocenters. The number of halogens is 2. The minimum atomic E-state index is 0.150. The van der Waals surface area contributed by atoms with E-state index in [2.05, 4.69) is 13.0 Å². The van der Waals surface area contributed by atoms with Crippen molar-refractivity contribution < 1.29 is 4.79 Å². The van der Waals surface area contributed by atoms with Crippen LogP contribution in [0.15, 0.2) is 29.8 Å². The average molecular weight is 283 g/mol. The van der Waals surface area contributed by atoms with Crippen LogP contribution in [0.5, 0.6) is 0 Å². The predicted octanol–water partition coefficient (Wildman–Crippen LogP) is 4.85. The first kappa shape index (κ1) is 13.6. The SMILES string of the molecule is CC1CC=C(C(=O)Cc2c(Cl)cccc2Cl)CC1. The van der Waals surface area contributed by atoms with E-state index in [4.69, 9.17) is 23.2 Å². The minimum Gasteiger partial charge on any atom is -0.294 e. The van der Waals surface area contributed by atoms with E-state index in [9.17, 15) is 4.79 Å². The third kappa shape index (κ3) is 3.15. The fourth-order valence-corrected chi connectivity index (χ4v) is 2.72.